The van der Waals surface area contributed by atoms with E-state index in [9.17, 15) is 8.78 Å². The maximum Gasteiger partial charge on any atom is 0.280 e. The molecule has 0 aliphatic heterocycles. The van der Waals surface area contributed by atoms with Gasteiger partial charge in [0, 0.05) is 12.1 Å². The number of aromatic nitrogens is 1. The van der Waals surface area contributed by atoms with Gasteiger partial charge in [-0.25, -0.2) is 13.8 Å². The minimum atomic E-state index is -2.76. The third kappa shape index (κ3) is 1.97. The molecule has 78 valence electrons. The molecule has 1 rings (SSSR count). The van der Waals surface area contributed by atoms with Crippen LogP contribution in [0.2, 0.25) is 0 Å². The molecular weight excluding hydrogens is 192 g/mol. The van der Waals surface area contributed by atoms with Gasteiger partial charge in [-0.1, -0.05) is 0 Å². The Morgan fingerprint density at radius 2 is 2.14 bits per heavy atom. The number of aliphatic hydroxyl groups is 1. The van der Waals surface area contributed by atoms with Crippen LogP contribution in [0.1, 0.15) is 23.2 Å². The predicted molar refractivity (Wildman–Crippen MR) is 47.4 cm³/mol. The molecule has 0 spiro atoms. The van der Waals surface area contributed by atoms with E-state index in [-0.39, 0.29) is 17.9 Å². The fourth-order valence-corrected chi connectivity index (χ4v) is 1.21. The van der Waals surface area contributed by atoms with E-state index in [2.05, 4.69) is 4.98 Å². The van der Waals surface area contributed by atoms with Gasteiger partial charge < -0.3 is 16.6 Å². The van der Waals surface area contributed by atoms with E-state index in [1.165, 1.54) is 6.07 Å². The zero-order chi connectivity index (χ0) is 10.7. The van der Waals surface area contributed by atoms with Crippen molar-refractivity contribution in [1.29, 1.82) is 0 Å². The first-order valence-electron chi connectivity index (χ1n) is 3.97. The van der Waals surface area contributed by atoms with E-state index in [0.29, 0.717) is 5.56 Å². The van der Waals surface area contributed by atoms with Crippen LogP contribution in [0.4, 0.5) is 14.6 Å². The van der Waals surface area contributed by atoms with E-state index >= 15 is 0 Å². The molecule has 6 heteroatoms. The molecule has 5 N–H and O–H groups in total. The lowest BCUT2D eigenvalue weighted by molar-refractivity contribution is 0.141. The number of pyridine rings is 1. The Morgan fingerprint density at radius 1 is 1.50 bits per heavy atom. The average molecular weight is 203 g/mol. The monoisotopic (exact) mass is 203 g/mol. The summed E-state index contributed by atoms with van der Waals surface area (Å²) in [5, 5.41) is 8.90. The number of halogens is 2. The number of hydrogen-bond donors (Lipinski definition) is 3. The van der Waals surface area contributed by atoms with Crippen LogP contribution < -0.4 is 11.5 Å². The number of rotatable bonds is 3. The van der Waals surface area contributed by atoms with Crippen molar-refractivity contribution < 1.29 is 13.9 Å². The summed E-state index contributed by atoms with van der Waals surface area (Å²) in [5.41, 5.74) is 10.6. The number of nitrogens with two attached hydrogens (primary N) is 2. The Hall–Kier alpha value is -1.27. The Morgan fingerprint density at radius 3 is 2.57 bits per heavy atom. The number of anilines is 1. The number of alkyl halides is 2. The van der Waals surface area contributed by atoms with Gasteiger partial charge >= 0.3 is 0 Å². The highest BCUT2D eigenvalue weighted by Crippen LogP contribution is 2.25. The number of nitrogen functional groups attached to an aromatic ring is 1. The Labute approximate surface area is 79.6 Å². The molecule has 0 unspecified atom stereocenters. The second-order valence-corrected chi connectivity index (χ2v) is 2.73. The SMILES string of the molecule is NCc1cc(N)nc(C(F)F)c1CO. The second kappa shape index (κ2) is 4.30. The normalized spacial score (nSPS) is 10.9. The van der Waals surface area contributed by atoms with Crippen LogP contribution in [0.5, 0.6) is 0 Å². The van der Waals surface area contributed by atoms with Crippen molar-refractivity contribution >= 4 is 5.82 Å². The molecule has 0 radical (unpaired) electrons. The van der Waals surface area contributed by atoms with Crippen LogP contribution in [0.25, 0.3) is 0 Å². The van der Waals surface area contributed by atoms with E-state index in [1.54, 1.807) is 0 Å². The average Bonchev–Trinajstić information content (AvgIpc) is 2.16. The summed E-state index contributed by atoms with van der Waals surface area (Å²) in [6.07, 6.45) is -2.76. The van der Waals surface area contributed by atoms with E-state index in [0.717, 1.165) is 0 Å². The molecule has 1 aromatic heterocycles. The molecule has 1 aromatic rings. The molecular formula is C8H11F2N3O. The first-order valence-corrected chi connectivity index (χ1v) is 3.97. The topological polar surface area (TPSA) is 85.2 Å². The van der Waals surface area contributed by atoms with E-state index in [1.807, 2.05) is 0 Å². The summed E-state index contributed by atoms with van der Waals surface area (Å²) in [6.45, 7) is -0.470. The number of hydrogen-bond acceptors (Lipinski definition) is 4. The van der Waals surface area contributed by atoms with Gasteiger partial charge in [0.1, 0.15) is 11.5 Å². The number of aliphatic hydroxyl groups excluding tert-OH is 1. The van der Waals surface area contributed by atoms with Crippen LogP contribution in [-0.2, 0) is 13.2 Å². The second-order valence-electron chi connectivity index (χ2n) is 2.73. The van der Waals surface area contributed by atoms with Gasteiger partial charge in [0.15, 0.2) is 0 Å². The van der Waals surface area contributed by atoms with E-state index < -0.39 is 18.7 Å². The van der Waals surface area contributed by atoms with Crippen molar-refractivity contribution in [3.63, 3.8) is 0 Å². The van der Waals surface area contributed by atoms with Crippen LogP contribution in [0.3, 0.4) is 0 Å². The first kappa shape index (κ1) is 10.8. The molecule has 0 bridgehead atoms. The third-order valence-electron chi connectivity index (χ3n) is 1.85. The van der Waals surface area contributed by atoms with Crippen molar-refractivity contribution in [2.24, 2.45) is 5.73 Å². The minimum Gasteiger partial charge on any atom is -0.392 e. The molecule has 0 aliphatic carbocycles. The van der Waals surface area contributed by atoms with Crippen LogP contribution in [0, 0.1) is 0 Å². The number of nitrogens with zero attached hydrogens (tertiary/aromatic N) is 1. The maximum absolute atomic E-state index is 12.4. The van der Waals surface area contributed by atoms with Crippen molar-refractivity contribution in [3.05, 3.63) is 22.9 Å². The van der Waals surface area contributed by atoms with Crippen molar-refractivity contribution in [2.45, 2.75) is 19.6 Å². The highest BCUT2D eigenvalue weighted by atomic mass is 19.3. The third-order valence-corrected chi connectivity index (χ3v) is 1.85. The molecule has 0 amide bonds. The highest BCUT2D eigenvalue weighted by Gasteiger charge is 2.17. The quantitative estimate of drug-likeness (QED) is 0.669. The minimum absolute atomic E-state index is 0.0158. The zero-order valence-electron chi connectivity index (χ0n) is 7.37. The van der Waals surface area contributed by atoms with Gasteiger partial charge in [0.25, 0.3) is 6.43 Å². The molecule has 0 atom stereocenters. The lowest BCUT2D eigenvalue weighted by atomic mass is 10.1. The lowest BCUT2D eigenvalue weighted by Gasteiger charge is -2.11. The molecule has 14 heavy (non-hydrogen) atoms. The van der Waals surface area contributed by atoms with Crippen LogP contribution >= 0.6 is 0 Å². The van der Waals surface area contributed by atoms with Crippen molar-refractivity contribution in [3.8, 4) is 0 Å². The summed E-state index contributed by atoms with van der Waals surface area (Å²) in [7, 11) is 0. The Bertz CT molecular complexity index is 331. The van der Waals surface area contributed by atoms with Gasteiger partial charge in [0.05, 0.1) is 6.61 Å². The van der Waals surface area contributed by atoms with Crippen LogP contribution in [0.15, 0.2) is 6.07 Å². The molecule has 0 aliphatic rings. The predicted octanol–water partition coefficient (Wildman–Crippen LogP) is 0.552. The largest absolute Gasteiger partial charge is 0.392 e. The van der Waals surface area contributed by atoms with Gasteiger partial charge in [-0.3, -0.25) is 0 Å². The maximum atomic E-state index is 12.4. The van der Waals surface area contributed by atoms with Gasteiger partial charge in [0.2, 0.25) is 0 Å². The summed E-state index contributed by atoms with van der Waals surface area (Å²) in [6, 6.07) is 1.39. The van der Waals surface area contributed by atoms with Crippen LogP contribution in [-0.4, -0.2) is 10.1 Å². The molecule has 1 heterocycles. The fourth-order valence-electron chi connectivity index (χ4n) is 1.21. The van der Waals surface area contributed by atoms with Gasteiger partial charge in [-0.2, -0.15) is 0 Å². The summed E-state index contributed by atoms with van der Waals surface area (Å²) in [5.74, 6) is -0.0158. The first-order chi connectivity index (χ1) is 6.60. The Kier molecular flexibility index (Phi) is 3.32. The van der Waals surface area contributed by atoms with Gasteiger partial charge in [-0.15, -0.1) is 0 Å². The highest BCUT2D eigenvalue weighted by molar-refractivity contribution is 5.41. The lowest BCUT2D eigenvalue weighted by Crippen LogP contribution is -2.09. The molecule has 0 fully saturated rings. The molecule has 0 saturated heterocycles. The summed E-state index contributed by atoms with van der Waals surface area (Å²) >= 11 is 0. The van der Waals surface area contributed by atoms with Gasteiger partial charge in [-0.05, 0) is 11.6 Å². The summed E-state index contributed by atoms with van der Waals surface area (Å²) < 4.78 is 24.9. The smallest absolute Gasteiger partial charge is 0.280 e. The summed E-state index contributed by atoms with van der Waals surface area (Å²) in [4.78, 5) is 3.46. The van der Waals surface area contributed by atoms with E-state index in [4.69, 9.17) is 16.6 Å². The molecule has 0 aromatic carbocycles. The Balaban J connectivity index is 3.31. The fraction of sp³-hybridized carbons (Fsp3) is 0.375. The zero-order valence-corrected chi connectivity index (χ0v) is 7.37. The van der Waals surface area contributed by atoms with Crippen molar-refractivity contribution in [1.82, 2.24) is 4.98 Å². The van der Waals surface area contributed by atoms with Crippen molar-refractivity contribution in [2.75, 3.05) is 5.73 Å². The molecule has 4 nitrogen and oxygen atoms in total. The molecule has 0 saturated carbocycles. The standard InChI is InChI=1S/C8H11F2N3O/c9-8(10)7-5(3-14)4(2-11)1-6(12)13-7/h1,8,14H,2-3,11H2,(H2,12,13).